The van der Waals surface area contributed by atoms with Crippen molar-refractivity contribution < 1.29 is 14.3 Å². The number of para-hydroxylation sites is 2. The summed E-state index contributed by atoms with van der Waals surface area (Å²) in [5, 5.41) is 0. The van der Waals surface area contributed by atoms with Gasteiger partial charge in [-0.05, 0) is 42.5 Å². The van der Waals surface area contributed by atoms with Crippen molar-refractivity contribution in [3.05, 3.63) is 59.7 Å². The minimum Gasteiger partial charge on any atom is -0.455 e. The average Bonchev–Trinajstić information content (AvgIpc) is 2.82. The number of fused-ring (bicyclic) bond motifs is 2. The van der Waals surface area contributed by atoms with Gasteiger partial charge < -0.3 is 4.74 Å². The largest absolute Gasteiger partial charge is 0.455 e. The Morgan fingerprint density at radius 1 is 1.00 bits per heavy atom. The highest BCUT2D eigenvalue weighted by Gasteiger charge is 2.26. The zero-order chi connectivity index (χ0) is 17.8. The quantitative estimate of drug-likeness (QED) is 0.791. The summed E-state index contributed by atoms with van der Waals surface area (Å²) in [4.78, 5) is 26.6. The van der Waals surface area contributed by atoms with Crippen molar-refractivity contribution in [2.45, 2.75) is 33.1 Å². The van der Waals surface area contributed by atoms with Crippen molar-refractivity contribution in [2.24, 2.45) is 5.92 Å². The molecule has 0 radical (unpaired) electrons. The highest BCUT2D eigenvalue weighted by Crippen LogP contribution is 2.35. The van der Waals surface area contributed by atoms with Gasteiger partial charge in [0.2, 0.25) is 0 Å². The second-order valence-corrected chi connectivity index (χ2v) is 6.40. The first-order valence-corrected chi connectivity index (χ1v) is 8.77. The lowest BCUT2D eigenvalue weighted by atomic mass is 10.0. The highest BCUT2D eigenvalue weighted by molar-refractivity contribution is 6.03. The monoisotopic (exact) mass is 337 g/mol. The molecule has 0 aromatic heterocycles. The maximum absolute atomic E-state index is 12.9. The third-order valence-corrected chi connectivity index (χ3v) is 4.73. The normalized spacial score (nSPS) is 14.1. The molecule has 1 heterocycles. The van der Waals surface area contributed by atoms with Crippen LogP contribution in [0.2, 0.25) is 0 Å². The number of ether oxygens (including phenoxy) is 1. The molecule has 1 amide bonds. The van der Waals surface area contributed by atoms with Crippen LogP contribution in [0, 0.1) is 5.92 Å². The van der Waals surface area contributed by atoms with Gasteiger partial charge in [0.1, 0.15) is 0 Å². The van der Waals surface area contributed by atoms with E-state index in [1.54, 1.807) is 4.90 Å². The van der Waals surface area contributed by atoms with Gasteiger partial charge in [-0.1, -0.05) is 50.2 Å². The van der Waals surface area contributed by atoms with Gasteiger partial charge in [-0.2, -0.15) is 0 Å². The molecule has 2 aromatic rings. The van der Waals surface area contributed by atoms with E-state index in [2.05, 4.69) is 0 Å². The van der Waals surface area contributed by atoms with Crippen molar-refractivity contribution in [1.82, 2.24) is 0 Å². The van der Waals surface area contributed by atoms with Gasteiger partial charge in [0.15, 0.2) is 6.61 Å². The smallest absolute Gasteiger partial charge is 0.309 e. The van der Waals surface area contributed by atoms with E-state index >= 15 is 0 Å². The van der Waals surface area contributed by atoms with E-state index in [0.717, 1.165) is 35.3 Å². The van der Waals surface area contributed by atoms with Crippen LogP contribution in [-0.4, -0.2) is 18.5 Å². The third kappa shape index (κ3) is 3.58. The average molecular weight is 337 g/mol. The molecule has 4 nitrogen and oxygen atoms in total. The summed E-state index contributed by atoms with van der Waals surface area (Å²) in [5.74, 6) is -0.748. The van der Waals surface area contributed by atoms with Crippen LogP contribution < -0.4 is 4.90 Å². The van der Waals surface area contributed by atoms with E-state index in [-0.39, 0.29) is 24.4 Å². The second kappa shape index (κ2) is 7.51. The summed E-state index contributed by atoms with van der Waals surface area (Å²) < 4.78 is 5.25. The molecule has 1 aliphatic heterocycles. The number of benzene rings is 2. The second-order valence-electron chi connectivity index (χ2n) is 6.40. The molecule has 2 aromatic carbocycles. The standard InChI is InChI=1S/C21H23NO3/c1-3-15(2)21(24)25-14-20(23)22-18-10-6-4-8-16(18)12-13-17-9-5-7-11-19(17)22/h4-11,15H,3,12-14H2,1-2H3. The van der Waals surface area contributed by atoms with Crippen LogP contribution >= 0.6 is 0 Å². The van der Waals surface area contributed by atoms with Crippen LogP contribution in [0.5, 0.6) is 0 Å². The molecule has 0 saturated heterocycles. The maximum atomic E-state index is 12.9. The van der Waals surface area contributed by atoms with E-state index < -0.39 is 0 Å². The van der Waals surface area contributed by atoms with E-state index in [4.69, 9.17) is 4.74 Å². The fourth-order valence-electron chi connectivity index (χ4n) is 3.05. The Morgan fingerprint density at radius 3 is 2.04 bits per heavy atom. The van der Waals surface area contributed by atoms with Crippen molar-refractivity contribution >= 4 is 23.3 Å². The number of hydrogen-bond acceptors (Lipinski definition) is 3. The first-order valence-electron chi connectivity index (χ1n) is 8.77. The Hall–Kier alpha value is -2.62. The van der Waals surface area contributed by atoms with E-state index in [1.165, 1.54) is 0 Å². The van der Waals surface area contributed by atoms with Crippen molar-refractivity contribution in [1.29, 1.82) is 0 Å². The van der Waals surface area contributed by atoms with Gasteiger partial charge in [-0.25, -0.2) is 0 Å². The summed E-state index contributed by atoms with van der Waals surface area (Å²) in [6.07, 6.45) is 2.45. The number of rotatable bonds is 4. The number of amides is 1. The molecule has 0 N–H and O–H groups in total. The Bertz CT molecular complexity index is 737. The Balaban J connectivity index is 1.91. The number of anilines is 2. The first-order chi connectivity index (χ1) is 12.1. The summed E-state index contributed by atoms with van der Waals surface area (Å²) in [5.41, 5.74) is 4.00. The molecular formula is C21H23NO3. The van der Waals surface area contributed by atoms with E-state index in [1.807, 2.05) is 62.4 Å². The van der Waals surface area contributed by atoms with Crippen LogP contribution in [0.1, 0.15) is 31.4 Å². The van der Waals surface area contributed by atoms with Crippen LogP contribution in [0.4, 0.5) is 11.4 Å². The minimum atomic E-state index is -0.327. The first kappa shape index (κ1) is 17.2. The van der Waals surface area contributed by atoms with Crippen LogP contribution in [0.3, 0.4) is 0 Å². The molecule has 25 heavy (non-hydrogen) atoms. The van der Waals surface area contributed by atoms with Gasteiger partial charge >= 0.3 is 5.97 Å². The number of hydrogen-bond donors (Lipinski definition) is 0. The van der Waals surface area contributed by atoms with Crippen molar-refractivity contribution in [2.75, 3.05) is 11.5 Å². The third-order valence-electron chi connectivity index (χ3n) is 4.73. The van der Waals surface area contributed by atoms with Gasteiger partial charge in [-0.15, -0.1) is 0 Å². The zero-order valence-corrected chi connectivity index (χ0v) is 14.7. The predicted molar refractivity (Wildman–Crippen MR) is 97.9 cm³/mol. The maximum Gasteiger partial charge on any atom is 0.309 e. The molecule has 3 rings (SSSR count). The molecule has 1 unspecified atom stereocenters. The minimum absolute atomic E-state index is 0.198. The van der Waals surface area contributed by atoms with Crippen LogP contribution in [0.25, 0.3) is 0 Å². The van der Waals surface area contributed by atoms with E-state index in [9.17, 15) is 9.59 Å². The number of aryl methyl sites for hydroxylation is 2. The van der Waals surface area contributed by atoms with Crippen molar-refractivity contribution in [3.8, 4) is 0 Å². The Morgan fingerprint density at radius 2 is 1.52 bits per heavy atom. The molecule has 130 valence electrons. The molecule has 0 spiro atoms. The lowest BCUT2D eigenvalue weighted by Crippen LogP contribution is -2.32. The van der Waals surface area contributed by atoms with Crippen LogP contribution in [0.15, 0.2) is 48.5 Å². The summed E-state index contributed by atoms with van der Waals surface area (Å²) in [6.45, 7) is 3.49. The fourth-order valence-corrected chi connectivity index (χ4v) is 3.05. The lowest BCUT2D eigenvalue weighted by molar-refractivity contribution is -0.151. The molecule has 4 heteroatoms. The molecule has 0 aliphatic carbocycles. The lowest BCUT2D eigenvalue weighted by Gasteiger charge is -2.25. The number of carbonyl (C=O) groups is 2. The Labute approximate surface area is 148 Å². The van der Waals surface area contributed by atoms with Gasteiger partial charge in [0.25, 0.3) is 5.91 Å². The number of nitrogens with zero attached hydrogens (tertiary/aromatic N) is 1. The van der Waals surface area contributed by atoms with Gasteiger partial charge in [0, 0.05) is 0 Å². The highest BCUT2D eigenvalue weighted by atomic mass is 16.5. The number of esters is 1. The summed E-state index contributed by atoms with van der Waals surface area (Å²) in [7, 11) is 0. The van der Waals surface area contributed by atoms with Crippen molar-refractivity contribution in [3.63, 3.8) is 0 Å². The topological polar surface area (TPSA) is 46.6 Å². The number of carbonyl (C=O) groups excluding carboxylic acids is 2. The molecule has 0 saturated carbocycles. The zero-order valence-electron chi connectivity index (χ0n) is 14.7. The van der Waals surface area contributed by atoms with Gasteiger partial charge in [-0.3, -0.25) is 14.5 Å². The molecule has 0 fully saturated rings. The van der Waals surface area contributed by atoms with Crippen LogP contribution in [-0.2, 0) is 27.2 Å². The van der Waals surface area contributed by atoms with E-state index in [0.29, 0.717) is 6.42 Å². The molecule has 0 bridgehead atoms. The summed E-state index contributed by atoms with van der Waals surface area (Å²) >= 11 is 0. The molecule has 1 atom stereocenters. The fraction of sp³-hybridized carbons (Fsp3) is 0.333. The molecule has 1 aliphatic rings. The summed E-state index contributed by atoms with van der Waals surface area (Å²) in [6, 6.07) is 15.8. The predicted octanol–water partition coefficient (Wildman–Crippen LogP) is 4.04. The Kier molecular flexibility index (Phi) is 5.17. The SMILES string of the molecule is CCC(C)C(=O)OCC(=O)N1c2ccccc2CCc2ccccc21. The van der Waals surface area contributed by atoms with Gasteiger partial charge in [0.05, 0.1) is 17.3 Å². The molecular weight excluding hydrogens is 314 g/mol.